The predicted molar refractivity (Wildman–Crippen MR) is 99.5 cm³/mol. The molecule has 1 aliphatic rings. The highest BCUT2D eigenvalue weighted by Gasteiger charge is 2.26. The highest BCUT2D eigenvalue weighted by atomic mass is 19.1. The van der Waals surface area contributed by atoms with Crippen LogP contribution in [0.25, 0.3) is 11.3 Å². The zero-order valence-corrected chi connectivity index (χ0v) is 14.3. The molecule has 1 aromatic heterocycles. The third-order valence-corrected chi connectivity index (χ3v) is 4.45. The molecule has 2 aromatic carbocycles. The first-order valence-electron chi connectivity index (χ1n) is 8.52. The molecule has 2 amide bonds. The molecule has 134 valence electrons. The van der Waals surface area contributed by atoms with Gasteiger partial charge in [0.1, 0.15) is 5.82 Å². The number of hydrogen-bond acceptors (Lipinski definition) is 3. The van der Waals surface area contributed by atoms with Crippen molar-refractivity contribution in [2.75, 3.05) is 5.32 Å². The van der Waals surface area contributed by atoms with Crippen molar-refractivity contribution in [1.29, 1.82) is 0 Å². The monoisotopic (exact) mass is 361 g/mol. The summed E-state index contributed by atoms with van der Waals surface area (Å²) in [4.78, 5) is 28.7. The molecular weight excluding hydrogens is 345 g/mol. The molecule has 3 aromatic rings. The second kappa shape index (κ2) is 6.99. The molecule has 0 fully saturated rings. The number of benzene rings is 2. The Balaban J connectivity index is 1.53. The number of carbonyl (C=O) groups is 2. The lowest BCUT2D eigenvalue weighted by molar-refractivity contribution is -0.116. The summed E-state index contributed by atoms with van der Waals surface area (Å²) in [6.07, 6.45) is 1.63. The molecule has 0 aliphatic carbocycles. The number of carbonyl (C=O) groups excluding carboxylic acids is 2. The molecule has 1 unspecified atom stereocenters. The number of rotatable bonds is 3. The topological polar surface area (TPSA) is 71.1 Å². The van der Waals surface area contributed by atoms with E-state index in [-0.39, 0.29) is 24.1 Å². The van der Waals surface area contributed by atoms with Gasteiger partial charge in [0.15, 0.2) is 0 Å². The normalized spacial score (nSPS) is 15.6. The number of fused-ring (bicyclic) bond motifs is 1. The van der Waals surface area contributed by atoms with E-state index < -0.39 is 6.04 Å². The summed E-state index contributed by atoms with van der Waals surface area (Å²) in [5.41, 5.74) is 3.17. The number of para-hydroxylation sites is 1. The van der Waals surface area contributed by atoms with Crippen molar-refractivity contribution < 1.29 is 14.0 Å². The van der Waals surface area contributed by atoms with Gasteiger partial charge in [-0.3, -0.25) is 14.6 Å². The zero-order valence-electron chi connectivity index (χ0n) is 14.3. The second-order valence-corrected chi connectivity index (χ2v) is 6.31. The van der Waals surface area contributed by atoms with Gasteiger partial charge in [0.05, 0.1) is 23.7 Å². The summed E-state index contributed by atoms with van der Waals surface area (Å²) in [6.45, 7) is 0. The number of halogens is 1. The van der Waals surface area contributed by atoms with Crippen LogP contribution in [0.4, 0.5) is 10.1 Å². The van der Waals surface area contributed by atoms with Crippen molar-refractivity contribution in [3.05, 3.63) is 83.8 Å². The van der Waals surface area contributed by atoms with Crippen molar-refractivity contribution >= 4 is 17.5 Å². The van der Waals surface area contributed by atoms with Gasteiger partial charge in [-0.25, -0.2) is 4.39 Å². The average molecular weight is 361 g/mol. The zero-order chi connectivity index (χ0) is 18.8. The first kappa shape index (κ1) is 16.9. The van der Waals surface area contributed by atoms with E-state index in [1.165, 1.54) is 18.3 Å². The molecule has 0 radical (unpaired) electrons. The van der Waals surface area contributed by atoms with Gasteiger partial charge in [0.25, 0.3) is 5.91 Å². The molecule has 0 spiro atoms. The minimum absolute atomic E-state index is 0.140. The minimum Gasteiger partial charge on any atom is -0.345 e. The molecule has 5 nitrogen and oxygen atoms in total. The van der Waals surface area contributed by atoms with Crippen LogP contribution >= 0.6 is 0 Å². The summed E-state index contributed by atoms with van der Waals surface area (Å²) in [7, 11) is 0. The van der Waals surface area contributed by atoms with Crippen LogP contribution in [0.15, 0.2) is 66.9 Å². The molecule has 1 atom stereocenters. The van der Waals surface area contributed by atoms with Crippen LogP contribution in [0.2, 0.25) is 0 Å². The lowest BCUT2D eigenvalue weighted by Crippen LogP contribution is -2.35. The molecule has 1 aliphatic heterocycles. The SMILES string of the molecule is O=C1CC(NC(=O)c2ccc(-c3cccc(F)c3)nc2)c2ccccc2N1. The Labute approximate surface area is 155 Å². The predicted octanol–water partition coefficient (Wildman–Crippen LogP) is 3.70. The number of anilines is 1. The van der Waals surface area contributed by atoms with Crippen molar-refractivity contribution in [2.45, 2.75) is 12.5 Å². The summed E-state index contributed by atoms with van der Waals surface area (Å²) >= 11 is 0. The third kappa shape index (κ3) is 3.55. The first-order valence-corrected chi connectivity index (χ1v) is 8.52. The average Bonchev–Trinajstić information content (AvgIpc) is 2.68. The number of nitrogens with zero attached hydrogens (tertiary/aromatic N) is 1. The van der Waals surface area contributed by atoms with Crippen LogP contribution in [0.3, 0.4) is 0 Å². The fraction of sp³-hybridized carbons (Fsp3) is 0.0952. The Morgan fingerprint density at radius 1 is 1.11 bits per heavy atom. The van der Waals surface area contributed by atoms with Gasteiger partial charge in [0.2, 0.25) is 5.91 Å². The maximum atomic E-state index is 13.3. The molecule has 6 heteroatoms. The summed E-state index contributed by atoms with van der Waals surface area (Å²) in [5.74, 6) is -0.799. The first-order chi connectivity index (χ1) is 13.1. The highest BCUT2D eigenvalue weighted by Crippen LogP contribution is 2.30. The van der Waals surface area contributed by atoms with Crippen molar-refractivity contribution in [3.8, 4) is 11.3 Å². The number of aromatic nitrogens is 1. The fourth-order valence-electron chi connectivity index (χ4n) is 3.13. The number of amides is 2. The summed E-state index contributed by atoms with van der Waals surface area (Å²) in [6, 6.07) is 16.4. The third-order valence-electron chi connectivity index (χ3n) is 4.45. The van der Waals surface area contributed by atoms with Crippen LogP contribution in [-0.4, -0.2) is 16.8 Å². The number of nitrogens with one attached hydrogen (secondary N) is 2. The maximum Gasteiger partial charge on any atom is 0.253 e. The van der Waals surface area contributed by atoms with Crippen molar-refractivity contribution in [3.63, 3.8) is 0 Å². The van der Waals surface area contributed by atoms with Gasteiger partial charge in [0, 0.05) is 17.4 Å². The molecule has 2 heterocycles. The van der Waals surface area contributed by atoms with Crippen LogP contribution in [0.5, 0.6) is 0 Å². The van der Waals surface area contributed by atoms with Crippen LogP contribution < -0.4 is 10.6 Å². The summed E-state index contributed by atoms with van der Waals surface area (Å²) < 4.78 is 13.3. The second-order valence-electron chi connectivity index (χ2n) is 6.31. The van der Waals surface area contributed by atoms with E-state index in [4.69, 9.17) is 0 Å². The number of hydrogen-bond donors (Lipinski definition) is 2. The van der Waals surface area contributed by atoms with E-state index >= 15 is 0 Å². The molecular formula is C21H16FN3O2. The Hall–Kier alpha value is -3.54. The Morgan fingerprint density at radius 2 is 1.96 bits per heavy atom. The molecule has 2 N–H and O–H groups in total. The van der Waals surface area contributed by atoms with Gasteiger partial charge in [-0.05, 0) is 35.9 Å². The Bertz CT molecular complexity index is 1020. The Morgan fingerprint density at radius 3 is 2.74 bits per heavy atom. The molecule has 0 bridgehead atoms. The van der Waals surface area contributed by atoms with Gasteiger partial charge in [-0.1, -0.05) is 30.3 Å². The van der Waals surface area contributed by atoms with Gasteiger partial charge >= 0.3 is 0 Å². The largest absolute Gasteiger partial charge is 0.345 e. The highest BCUT2D eigenvalue weighted by molar-refractivity contribution is 5.98. The van der Waals surface area contributed by atoms with Crippen LogP contribution in [0, 0.1) is 5.82 Å². The molecule has 0 saturated heterocycles. The van der Waals surface area contributed by atoms with E-state index in [1.807, 2.05) is 18.2 Å². The van der Waals surface area contributed by atoms with E-state index in [2.05, 4.69) is 15.6 Å². The smallest absolute Gasteiger partial charge is 0.253 e. The van der Waals surface area contributed by atoms with Crippen molar-refractivity contribution in [1.82, 2.24) is 10.3 Å². The van der Waals surface area contributed by atoms with Gasteiger partial charge in [-0.15, -0.1) is 0 Å². The van der Waals surface area contributed by atoms with E-state index in [1.54, 1.807) is 30.3 Å². The molecule has 27 heavy (non-hydrogen) atoms. The van der Waals surface area contributed by atoms with Crippen LogP contribution in [-0.2, 0) is 4.79 Å². The minimum atomic E-state index is -0.398. The Kier molecular flexibility index (Phi) is 4.38. The lowest BCUT2D eigenvalue weighted by atomic mass is 9.97. The van der Waals surface area contributed by atoms with E-state index in [9.17, 15) is 14.0 Å². The fourth-order valence-corrected chi connectivity index (χ4v) is 3.13. The standard InChI is InChI=1S/C21H16FN3O2/c22-15-5-3-4-13(10-15)17-9-8-14(12-23-17)21(27)25-19-11-20(26)24-18-7-2-1-6-16(18)19/h1-10,12,19H,11H2,(H,24,26)(H,25,27). The quantitative estimate of drug-likeness (QED) is 0.747. The lowest BCUT2D eigenvalue weighted by Gasteiger charge is -2.26. The van der Waals surface area contributed by atoms with Crippen LogP contribution in [0.1, 0.15) is 28.4 Å². The maximum absolute atomic E-state index is 13.3. The van der Waals surface area contributed by atoms with Gasteiger partial charge in [-0.2, -0.15) is 0 Å². The van der Waals surface area contributed by atoms with E-state index in [0.717, 1.165) is 5.56 Å². The van der Waals surface area contributed by atoms with E-state index in [0.29, 0.717) is 22.5 Å². The summed E-state index contributed by atoms with van der Waals surface area (Å²) in [5, 5.41) is 5.69. The van der Waals surface area contributed by atoms with Gasteiger partial charge < -0.3 is 10.6 Å². The molecule has 4 rings (SSSR count). The molecule has 0 saturated carbocycles. The number of pyridine rings is 1. The van der Waals surface area contributed by atoms with Crippen molar-refractivity contribution in [2.24, 2.45) is 0 Å².